The minimum atomic E-state index is -4.15. The molecule has 0 saturated heterocycles. The van der Waals surface area contributed by atoms with Crippen LogP contribution in [-0.2, 0) is 26.8 Å². The zero-order valence-corrected chi connectivity index (χ0v) is 29.3. The van der Waals surface area contributed by atoms with Crippen molar-refractivity contribution in [2.75, 3.05) is 23.0 Å². The monoisotopic (exact) mass is 753 g/mol. The van der Waals surface area contributed by atoms with Crippen molar-refractivity contribution in [3.63, 3.8) is 0 Å². The Kier molecular flexibility index (Phi) is 8.69. The van der Waals surface area contributed by atoms with Gasteiger partial charge in [0, 0.05) is 0 Å². The number of rotatable bonds is 11. The van der Waals surface area contributed by atoms with Gasteiger partial charge in [-0.15, -0.1) is 0 Å². The third-order valence-corrected chi connectivity index (χ3v) is 12.4. The van der Waals surface area contributed by atoms with Crippen LogP contribution >= 0.6 is 0 Å². The maximum absolute atomic E-state index is 11.6. The van der Waals surface area contributed by atoms with E-state index >= 15 is 0 Å². The average molecular weight is 753 g/mol. The molecular formula is C35H33N2O8S2Se+. The Labute approximate surface area is 283 Å². The van der Waals surface area contributed by atoms with Crippen LogP contribution in [-0.4, -0.2) is 58.5 Å². The van der Waals surface area contributed by atoms with Gasteiger partial charge in [0.05, 0.1) is 0 Å². The molecule has 13 heteroatoms. The van der Waals surface area contributed by atoms with Gasteiger partial charge in [0.25, 0.3) is 0 Å². The van der Waals surface area contributed by atoms with Gasteiger partial charge in [-0.2, -0.15) is 0 Å². The van der Waals surface area contributed by atoms with Crippen LogP contribution in [0.5, 0.6) is 5.75 Å². The first-order valence-electron chi connectivity index (χ1n) is 15.5. The van der Waals surface area contributed by atoms with Crippen LogP contribution < -0.4 is 14.2 Å². The van der Waals surface area contributed by atoms with Gasteiger partial charge in [-0.05, 0) is 0 Å². The van der Waals surface area contributed by atoms with Gasteiger partial charge in [-0.25, -0.2) is 0 Å². The summed E-state index contributed by atoms with van der Waals surface area (Å²) in [6.07, 6.45) is 6.77. The Balaban J connectivity index is 1.33. The summed E-state index contributed by atoms with van der Waals surface area (Å²) >= 11 is -0.112. The van der Waals surface area contributed by atoms with Crippen molar-refractivity contribution in [2.45, 2.75) is 32.7 Å². The topological polar surface area (TPSA) is 138 Å². The number of benzene rings is 4. The van der Waals surface area contributed by atoms with E-state index in [-0.39, 0.29) is 38.9 Å². The van der Waals surface area contributed by atoms with Crippen LogP contribution in [0.4, 0.5) is 5.69 Å². The van der Waals surface area contributed by atoms with E-state index in [0.29, 0.717) is 31.1 Å². The molecule has 0 unspecified atom stereocenters. The Bertz CT molecular complexity index is 2500. The molecule has 1 aliphatic heterocycles. The van der Waals surface area contributed by atoms with E-state index in [1.54, 1.807) is 6.26 Å². The van der Waals surface area contributed by atoms with Gasteiger partial charge >= 0.3 is 279 Å². The number of hydrogen-bond acceptors (Lipinski definition) is 7. The van der Waals surface area contributed by atoms with Crippen LogP contribution in [0.1, 0.15) is 30.8 Å². The first kappa shape index (κ1) is 32.6. The van der Waals surface area contributed by atoms with Crippen LogP contribution in [0, 0.1) is 0 Å². The number of allylic oxidation sites excluding steroid dienone is 2. The van der Waals surface area contributed by atoms with Gasteiger partial charge in [0.2, 0.25) is 0 Å². The Morgan fingerprint density at radius 2 is 1.62 bits per heavy atom. The van der Waals surface area contributed by atoms with Crippen LogP contribution in [0.15, 0.2) is 94.9 Å². The molecule has 0 amide bonds. The third-order valence-electron chi connectivity index (χ3n) is 8.47. The molecule has 3 heterocycles. The molecule has 6 aromatic rings. The van der Waals surface area contributed by atoms with E-state index in [2.05, 4.69) is 41.0 Å². The van der Waals surface area contributed by atoms with E-state index < -0.39 is 20.2 Å². The minimum absolute atomic E-state index is 0.112. The molecule has 7 rings (SSSR count). The van der Waals surface area contributed by atoms with E-state index in [4.69, 9.17) is 9.15 Å². The summed E-state index contributed by atoms with van der Waals surface area (Å²) in [7, 11) is -8.27. The molecule has 0 saturated carbocycles. The van der Waals surface area contributed by atoms with E-state index in [1.807, 2.05) is 54.3 Å². The van der Waals surface area contributed by atoms with Gasteiger partial charge in [0.15, 0.2) is 0 Å². The fourth-order valence-corrected chi connectivity index (χ4v) is 9.69. The number of fused-ring (bicyclic) bond motifs is 7. The molecule has 48 heavy (non-hydrogen) atoms. The van der Waals surface area contributed by atoms with Crippen molar-refractivity contribution in [2.24, 2.45) is 0 Å². The molecule has 248 valence electrons. The number of ether oxygens (including phenoxy) is 1. The molecule has 0 fully saturated rings. The SMILES string of the molecule is CCC(/C=C1\Oc2ccc3cc4ccccc4cc3c2N1CCCS(=O)(=O)O)=C\c1[se]c2ccc3ccoc3c2[n+]1CCCS(=O)(=O)O. The van der Waals surface area contributed by atoms with E-state index in [1.165, 1.54) is 0 Å². The van der Waals surface area contributed by atoms with E-state index in [9.17, 15) is 25.9 Å². The first-order chi connectivity index (χ1) is 23.0. The molecule has 2 N–H and O–H groups in total. The summed E-state index contributed by atoms with van der Waals surface area (Å²) in [6.45, 7) is 2.71. The molecule has 0 aliphatic carbocycles. The third kappa shape index (κ3) is 6.67. The Morgan fingerprint density at radius 1 is 0.896 bits per heavy atom. The zero-order valence-electron chi connectivity index (χ0n) is 26.0. The number of furan rings is 1. The van der Waals surface area contributed by atoms with Crippen molar-refractivity contribution in [1.82, 2.24) is 0 Å². The van der Waals surface area contributed by atoms with Gasteiger partial charge in [0.1, 0.15) is 0 Å². The fourth-order valence-electron chi connectivity index (χ4n) is 6.26. The molecule has 0 spiro atoms. The number of nitrogens with zero attached hydrogens (tertiary/aromatic N) is 2. The fraction of sp³-hybridized carbons (Fsp3) is 0.229. The van der Waals surface area contributed by atoms with Crippen LogP contribution in [0.2, 0.25) is 0 Å². The maximum atomic E-state index is 11.6. The van der Waals surface area contributed by atoms with Crippen molar-refractivity contribution in [3.8, 4) is 5.75 Å². The summed E-state index contributed by atoms with van der Waals surface area (Å²) in [5.74, 6) is 0.470. The second-order valence-electron chi connectivity index (χ2n) is 11.8. The number of aromatic nitrogens is 1. The predicted molar refractivity (Wildman–Crippen MR) is 189 cm³/mol. The molecule has 0 atom stereocenters. The summed E-state index contributed by atoms with van der Waals surface area (Å²) in [6, 6.07) is 22.3. The summed E-state index contributed by atoms with van der Waals surface area (Å²) in [5.41, 5.74) is 3.44. The predicted octanol–water partition coefficient (Wildman–Crippen LogP) is 6.33. The normalized spacial score (nSPS) is 14.9. The first-order valence-corrected chi connectivity index (χ1v) is 20.5. The molecule has 4 aromatic carbocycles. The molecule has 0 bridgehead atoms. The van der Waals surface area contributed by atoms with Crippen molar-refractivity contribution in [3.05, 3.63) is 95.1 Å². The van der Waals surface area contributed by atoms with Gasteiger partial charge < -0.3 is 0 Å². The van der Waals surface area contributed by atoms with E-state index in [0.717, 1.165) is 58.1 Å². The molecule has 10 nitrogen and oxygen atoms in total. The molecule has 0 radical (unpaired) electrons. The number of anilines is 1. The zero-order chi connectivity index (χ0) is 33.6. The second-order valence-corrected chi connectivity index (χ2v) is 17.1. The molecular weight excluding hydrogens is 719 g/mol. The Morgan fingerprint density at radius 3 is 2.38 bits per heavy atom. The summed E-state index contributed by atoms with van der Waals surface area (Å²) in [5, 5.41) is 5.13. The van der Waals surface area contributed by atoms with Crippen LogP contribution in [0.25, 0.3) is 48.4 Å². The van der Waals surface area contributed by atoms with Crippen molar-refractivity contribution in [1.29, 1.82) is 0 Å². The van der Waals surface area contributed by atoms with Crippen molar-refractivity contribution < 1.29 is 39.7 Å². The van der Waals surface area contributed by atoms with Crippen molar-refractivity contribution >= 4 is 88.8 Å². The Hall–Kier alpha value is -3.97. The standard InChI is InChI=1S/C35H32N2O8S2Se/c1-2-23(20-32-37(15-6-18-47(41,42)43)34-30(48-32)12-10-24-13-16-44-35(24)34)19-31-36(14-5-17-46(38,39)40)33-28-22-26-8-4-3-7-25(26)21-27(28)9-11-29(33)45-31/h3-4,7-13,16,19-22H,2,5-6,14-15,17-18H2,1H3,(H-,38,39,40,41,42,43)/p+1. The average Bonchev–Trinajstić information content (AvgIpc) is 3.74. The summed E-state index contributed by atoms with van der Waals surface area (Å²) < 4.78 is 81.8. The summed E-state index contributed by atoms with van der Waals surface area (Å²) in [4.78, 5) is 1.98. The number of aryl methyl sites for hydroxylation is 1. The number of hydrogen-bond donors (Lipinski definition) is 2. The van der Waals surface area contributed by atoms with Gasteiger partial charge in [-0.3, -0.25) is 0 Å². The molecule has 1 aliphatic rings. The quantitative estimate of drug-likeness (QED) is 0.0674. The van der Waals surface area contributed by atoms with Crippen LogP contribution in [0.3, 0.4) is 0 Å². The molecule has 2 aromatic heterocycles. The van der Waals surface area contributed by atoms with Gasteiger partial charge in [-0.1, -0.05) is 6.07 Å². The second kappa shape index (κ2) is 12.8.